The molecule has 0 aliphatic carbocycles. The molecule has 1 fully saturated rings. The van der Waals surface area contributed by atoms with E-state index in [4.69, 9.17) is 4.74 Å². The van der Waals surface area contributed by atoms with Crippen LogP contribution in [-0.4, -0.2) is 28.3 Å². The molecule has 1 amide bonds. The van der Waals surface area contributed by atoms with Crippen molar-refractivity contribution in [1.82, 2.24) is 0 Å². The van der Waals surface area contributed by atoms with Crippen LogP contribution in [0.5, 0.6) is 5.75 Å². The first-order valence-electron chi connectivity index (χ1n) is 11.5. The number of hydrogen-bond acceptors (Lipinski definition) is 6. The van der Waals surface area contributed by atoms with Gasteiger partial charge in [-0.1, -0.05) is 43.7 Å². The molecule has 4 rings (SSSR count). The molecule has 3 aromatic carbocycles. The van der Waals surface area contributed by atoms with Gasteiger partial charge in [-0.15, -0.1) is 0 Å². The van der Waals surface area contributed by atoms with E-state index in [-0.39, 0.29) is 16.8 Å². The first kappa shape index (κ1) is 24.7. The van der Waals surface area contributed by atoms with Crippen molar-refractivity contribution in [3.63, 3.8) is 0 Å². The number of hydrogen-bond donors (Lipinski definition) is 1. The van der Waals surface area contributed by atoms with Crippen LogP contribution in [0.2, 0.25) is 0 Å². The lowest BCUT2D eigenvalue weighted by molar-refractivity contribution is -0.384. The highest BCUT2D eigenvalue weighted by atomic mass is 16.6. The lowest BCUT2D eigenvalue weighted by Gasteiger charge is -2.26. The first-order valence-corrected chi connectivity index (χ1v) is 11.5. The van der Waals surface area contributed by atoms with Crippen molar-refractivity contribution >= 4 is 28.8 Å². The molecule has 1 aliphatic heterocycles. The Morgan fingerprint density at radius 1 is 1.06 bits per heavy atom. The molecule has 1 heterocycles. The highest BCUT2D eigenvalue weighted by Gasteiger charge is 2.47. The van der Waals surface area contributed by atoms with E-state index < -0.39 is 28.4 Å². The predicted octanol–water partition coefficient (Wildman–Crippen LogP) is 5.56. The number of aliphatic hydroxyl groups is 1. The summed E-state index contributed by atoms with van der Waals surface area (Å²) in [5.74, 6) is -1.02. The van der Waals surface area contributed by atoms with Crippen molar-refractivity contribution in [1.29, 1.82) is 0 Å². The van der Waals surface area contributed by atoms with Crippen molar-refractivity contribution < 1.29 is 24.4 Å². The topological polar surface area (TPSA) is 110 Å². The quantitative estimate of drug-likeness (QED) is 0.154. The molecule has 0 saturated carbocycles. The highest BCUT2D eigenvalue weighted by molar-refractivity contribution is 6.51. The van der Waals surface area contributed by atoms with Gasteiger partial charge in [0.25, 0.3) is 17.4 Å². The largest absolute Gasteiger partial charge is 0.507 e. The number of Topliss-reactive ketones (excluding diaryl/α,β-unsaturated/α-hetero) is 1. The van der Waals surface area contributed by atoms with Crippen molar-refractivity contribution in [3.05, 3.63) is 105 Å². The number of carbonyl (C=O) groups is 2. The van der Waals surface area contributed by atoms with E-state index in [0.29, 0.717) is 29.5 Å². The molecule has 1 N–H and O–H groups in total. The van der Waals surface area contributed by atoms with Gasteiger partial charge in [0.05, 0.1) is 23.1 Å². The van der Waals surface area contributed by atoms with Gasteiger partial charge in [-0.3, -0.25) is 24.6 Å². The van der Waals surface area contributed by atoms with Gasteiger partial charge in [-0.05, 0) is 54.8 Å². The molecule has 184 valence electrons. The molecule has 0 radical (unpaired) electrons. The maximum Gasteiger partial charge on any atom is 0.300 e. The Morgan fingerprint density at radius 3 is 2.31 bits per heavy atom. The number of nitrogens with zero attached hydrogens (tertiary/aromatic N) is 2. The smallest absolute Gasteiger partial charge is 0.300 e. The van der Waals surface area contributed by atoms with E-state index in [0.717, 1.165) is 5.56 Å². The summed E-state index contributed by atoms with van der Waals surface area (Å²) in [4.78, 5) is 38.4. The monoisotopic (exact) mass is 486 g/mol. The van der Waals surface area contributed by atoms with E-state index in [2.05, 4.69) is 0 Å². The third-order valence-electron chi connectivity index (χ3n) is 5.85. The molecule has 1 saturated heterocycles. The van der Waals surface area contributed by atoms with Gasteiger partial charge in [-0.2, -0.15) is 0 Å². The fourth-order valence-corrected chi connectivity index (χ4v) is 4.12. The Bertz CT molecular complexity index is 1340. The maximum absolute atomic E-state index is 13.3. The molecule has 0 bridgehead atoms. The van der Waals surface area contributed by atoms with Crippen LogP contribution < -0.4 is 9.64 Å². The van der Waals surface area contributed by atoms with Gasteiger partial charge >= 0.3 is 0 Å². The predicted molar refractivity (Wildman–Crippen MR) is 136 cm³/mol. The minimum Gasteiger partial charge on any atom is -0.507 e. The lowest BCUT2D eigenvalue weighted by atomic mass is 9.94. The number of nitro groups is 1. The Morgan fingerprint density at radius 2 is 1.72 bits per heavy atom. The second kappa shape index (κ2) is 10.0. The van der Waals surface area contributed by atoms with Crippen LogP contribution in [0.15, 0.2) is 78.4 Å². The summed E-state index contributed by atoms with van der Waals surface area (Å²) < 4.78 is 5.74. The van der Waals surface area contributed by atoms with Crippen molar-refractivity contribution in [2.24, 2.45) is 5.92 Å². The van der Waals surface area contributed by atoms with Crippen molar-refractivity contribution in [2.75, 3.05) is 11.5 Å². The van der Waals surface area contributed by atoms with Crippen LogP contribution in [0.25, 0.3) is 5.76 Å². The molecular formula is C28H26N2O6. The number of benzene rings is 3. The number of ether oxygens (including phenoxy) is 1. The van der Waals surface area contributed by atoms with Crippen molar-refractivity contribution in [2.45, 2.75) is 26.8 Å². The third-order valence-corrected chi connectivity index (χ3v) is 5.85. The van der Waals surface area contributed by atoms with E-state index in [9.17, 15) is 24.8 Å². The molecule has 3 aromatic rings. The zero-order valence-corrected chi connectivity index (χ0v) is 20.2. The van der Waals surface area contributed by atoms with Gasteiger partial charge in [0.1, 0.15) is 11.5 Å². The molecule has 8 heteroatoms. The zero-order valence-electron chi connectivity index (χ0n) is 20.2. The van der Waals surface area contributed by atoms with Gasteiger partial charge < -0.3 is 9.84 Å². The summed E-state index contributed by atoms with van der Waals surface area (Å²) in [5.41, 5.74) is 2.02. The fourth-order valence-electron chi connectivity index (χ4n) is 4.12. The summed E-state index contributed by atoms with van der Waals surface area (Å²) in [6.07, 6.45) is 0. The summed E-state index contributed by atoms with van der Waals surface area (Å²) in [5, 5.41) is 22.2. The van der Waals surface area contributed by atoms with E-state index >= 15 is 0 Å². The van der Waals surface area contributed by atoms with E-state index in [1.807, 2.05) is 39.0 Å². The minimum absolute atomic E-state index is 0.0837. The Labute approximate surface area is 208 Å². The molecule has 0 spiro atoms. The van der Waals surface area contributed by atoms with Gasteiger partial charge in [0.15, 0.2) is 0 Å². The lowest BCUT2D eigenvalue weighted by Crippen LogP contribution is -2.29. The molecule has 36 heavy (non-hydrogen) atoms. The summed E-state index contributed by atoms with van der Waals surface area (Å²) in [7, 11) is 0. The number of anilines is 1. The number of non-ortho nitro benzene ring substituents is 1. The van der Waals surface area contributed by atoms with Crippen LogP contribution in [0, 0.1) is 23.0 Å². The van der Waals surface area contributed by atoms with Crippen LogP contribution in [-0.2, 0) is 9.59 Å². The summed E-state index contributed by atoms with van der Waals surface area (Å²) in [6, 6.07) is 18.5. The highest BCUT2D eigenvalue weighted by Crippen LogP contribution is 2.42. The molecule has 1 unspecified atom stereocenters. The first-order chi connectivity index (χ1) is 17.2. The standard InChI is InChI=1S/C28H26N2O6/c1-17(2)16-36-23-13-11-21(12-14-23)29-25(20-6-4-5-18(3)15-20)24(27(32)28(29)33)26(31)19-7-9-22(10-8-19)30(34)35/h4-15,17,25,31H,16H2,1-3H3/b26-24-. The summed E-state index contributed by atoms with van der Waals surface area (Å²) >= 11 is 0. The normalized spacial score (nSPS) is 17.0. The third kappa shape index (κ3) is 4.84. The molecular weight excluding hydrogens is 460 g/mol. The summed E-state index contributed by atoms with van der Waals surface area (Å²) in [6.45, 7) is 6.52. The van der Waals surface area contributed by atoms with E-state index in [1.165, 1.54) is 29.2 Å². The fraction of sp³-hybridized carbons (Fsp3) is 0.214. The molecule has 0 aromatic heterocycles. The number of aryl methyl sites for hydroxylation is 1. The second-order valence-corrected chi connectivity index (χ2v) is 9.09. The second-order valence-electron chi connectivity index (χ2n) is 9.09. The van der Waals surface area contributed by atoms with Crippen molar-refractivity contribution in [3.8, 4) is 5.75 Å². The number of rotatable bonds is 7. The molecule has 8 nitrogen and oxygen atoms in total. The minimum atomic E-state index is -0.887. The Kier molecular flexibility index (Phi) is 6.87. The Balaban J connectivity index is 1.82. The van der Waals surface area contributed by atoms with Gasteiger partial charge in [-0.25, -0.2) is 0 Å². The molecule has 1 atom stereocenters. The Hall–Kier alpha value is -4.46. The SMILES string of the molecule is Cc1cccc(C2/C(=C(/O)c3ccc([N+](=O)[O-])cc3)C(=O)C(=O)N2c2ccc(OCC(C)C)cc2)c1. The van der Waals surface area contributed by atoms with Crippen LogP contribution >= 0.6 is 0 Å². The zero-order chi connectivity index (χ0) is 26.0. The van der Waals surface area contributed by atoms with Gasteiger partial charge in [0, 0.05) is 23.4 Å². The number of carbonyl (C=O) groups excluding carboxylic acids is 2. The maximum atomic E-state index is 13.3. The van der Waals surface area contributed by atoms with Crippen LogP contribution in [0.4, 0.5) is 11.4 Å². The van der Waals surface area contributed by atoms with Crippen LogP contribution in [0.1, 0.15) is 36.6 Å². The van der Waals surface area contributed by atoms with Gasteiger partial charge in [0.2, 0.25) is 0 Å². The number of ketones is 1. The number of amides is 1. The number of aliphatic hydroxyl groups excluding tert-OH is 1. The average Bonchev–Trinajstić information content (AvgIpc) is 3.13. The average molecular weight is 487 g/mol. The van der Waals surface area contributed by atoms with E-state index in [1.54, 1.807) is 30.3 Å². The molecule has 1 aliphatic rings. The number of nitro benzene ring substituents is 1. The van der Waals surface area contributed by atoms with Crippen LogP contribution in [0.3, 0.4) is 0 Å².